The van der Waals surface area contributed by atoms with Gasteiger partial charge in [-0.2, -0.15) is 0 Å². The number of allylic oxidation sites excluding steroid dienone is 2. The van der Waals surface area contributed by atoms with Crippen LogP contribution in [0.4, 0.5) is 0 Å². The van der Waals surface area contributed by atoms with E-state index in [1.807, 2.05) is 0 Å². The summed E-state index contributed by atoms with van der Waals surface area (Å²) in [6.45, 7) is 0.659. The quantitative estimate of drug-likeness (QED) is 0.752. The zero-order chi connectivity index (χ0) is 11.2. The molecule has 0 saturated carbocycles. The van der Waals surface area contributed by atoms with Crippen molar-refractivity contribution in [3.63, 3.8) is 0 Å². The number of nitrogens with zero attached hydrogens (tertiary/aromatic N) is 1. The molecule has 4 heteroatoms. The molecule has 1 aliphatic rings. The molecule has 4 nitrogen and oxygen atoms in total. The Morgan fingerprint density at radius 1 is 1.56 bits per heavy atom. The van der Waals surface area contributed by atoms with Crippen LogP contribution in [0.2, 0.25) is 0 Å². The van der Waals surface area contributed by atoms with Crippen LogP contribution in [0.25, 0.3) is 0 Å². The number of aromatic amines is 1. The number of amides is 1. The minimum Gasteiger partial charge on any atom is -0.355 e. The summed E-state index contributed by atoms with van der Waals surface area (Å²) in [4.78, 5) is 18.9. The van der Waals surface area contributed by atoms with E-state index >= 15 is 0 Å². The molecule has 86 valence electrons. The van der Waals surface area contributed by atoms with Crippen molar-refractivity contribution in [3.8, 4) is 0 Å². The number of rotatable bonds is 4. The predicted octanol–water partition coefficient (Wildman–Crippen LogP) is 1.42. The molecule has 2 N–H and O–H groups in total. The molecule has 0 aromatic carbocycles. The zero-order valence-electron chi connectivity index (χ0n) is 9.28. The second-order valence-electron chi connectivity index (χ2n) is 4.06. The van der Waals surface area contributed by atoms with Gasteiger partial charge in [0.1, 0.15) is 5.82 Å². The fourth-order valence-electron chi connectivity index (χ4n) is 1.91. The number of carbonyl (C=O) groups excluding carboxylic acids is 1. The Hall–Kier alpha value is -1.58. The molecule has 1 aliphatic carbocycles. The molecule has 0 bridgehead atoms. The predicted molar refractivity (Wildman–Crippen MR) is 61.8 cm³/mol. The van der Waals surface area contributed by atoms with E-state index in [2.05, 4.69) is 27.4 Å². The molecule has 1 atom stereocenters. The van der Waals surface area contributed by atoms with Crippen molar-refractivity contribution in [3.05, 3.63) is 30.4 Å². The summed E-state index contributed by atoms with van der Waals surface area (Å²) in [6.07, 6.45) is 11.4. The SMILES string of the molecule is O=C(NCCc1ncc[nH]1)C1CC=CCC1. The molecule has 1 heterocycles. The van der Waals surface area contributed by atoms with E-state index in [1.54, 1.807) is 12.4 Å². The molecule has 1 unspecified atom stereocenters. The third-order valence-electron chi connectivity index (χ3n) is 2.86. The van der Waals surface area contributed by atoms with Gasteiger partial charge in [0.15, 0.2) is 0 Å². The van der Waals surface area contributed by atoms with Gasteiger partial charge >= 0.3 is 0 Å². The lowest BCUT2D eigenvalue weighted by Gasteiger charge is -2.16. The Morgan fingerprint density at radius 2 is 2.50 bits per heavy atom. The number of carbonyl (C=O) groups is 1. The number of hydrogen-bond acceptors (Lipinski definition) is 2. The van der Waals surface area contributed by atoms with Gasteiger partial charge in [0.2, 0.25) is 5.91 Å². The summed E-state index contributed by atoms with van der Waals surface area (Å²) in [7, 11) is 0. The van der Waals surface area contributed by atoms with Crippen LogP contribution in [-0.2, 0) is 11.2 Å². The summed E-state index contributed by atoms with van der Waals surface area (Å²) >= 11 is 0. The molecule has 0 saturated heterocycles. The van der Waals surface area contributed by atoms with Crippen LogP contribution in [0, 0.1) is 5.92 Å². The minimum absolute atomic E-state index is 0.168. The molecular weight excluding hydrogens is 202 g/mol. The number of nitrogens with one attached hydrogen (secondary N) is 2. The van der Waals surface area contributed by atoms with E-state index in [4.69, 9.17) is 0 Å². The topological polar surface area (TPSA) is 57.8 Å². The summed E-state index contributed by atoms with van der Waals surface area (Å²) in [5.41, 5.74) is 0. The van der Waals surface area contributed by atoms with Crippen molar-refractivity contribution < 1.29 is 4.79 Å². The molecule has 1 aromatic heterocycles. The lowest BCUT2D eigenvalue weighted by atomic mass is 9.94. The number of H-pyrrole nitrogens is 1. The van der Waals surface area contributed by atoms with Crippen molar-refractivity contribution in [1.29, 1.82) is 0 Å². The van der Waals surface area contributed by atoms with E-state index in [-0.39, 0.29) is 11.8 Å². The molecule has 16 heavy (non-hydrogen) atoms. The molecular formula is C12H17N3O. The Balaban J connectivity index is 1.69. The Morgan fingerprint density at radius 3 is 3.19 bits per heavy atom. The van der Waals surface area contributed by atoms with Crippen molar-refractivity contribution >= 4 is 5.91 Å². The van der Waals surface area contributed by atoms with Gasteiger partial charge in [-0.15, -0.1) is 0 Å². The number of aromatic nitrogens is 2. The average Bonchev–Trinajstić information content (AvgIpc) is 2.83. The first kappa shape index (κ1) is 10.9. The molecule has 0 aliphatic heterocycles. The van der Waals surface area contributed by atoms with Gasteiger partial charge in [-0.1, -0.05) is 12.2 Å². The van der Waals surface area contributed by atoms with E-state index in [0.717, 1.165) is 31.5 Å². The fourth-order valence-corrected chi connectivity index (χ4v) is 1.91. The second kappa shape index (κ2) is 5.49. The summed E-state index contributed by atoms with van der Waals surface area (Å²) in [6, 6.07) is 0. The Kier molecular flexibility index (Phi) is 3.75. The maximum Gasteiger partial charge on any atom is 0.223 e. The molecule has 0 spiro atoms. The third-order valence-corrected chi connectivity index (χ3v) is 2.86. The summed E-state index contributed by atoms with van der Waals surface area (Å²) in [5, 5.41) is 2.96. The maximum atomic E-state index is 11.8. The van der Waals surface area contributed by atoms with Crippen molar-refractivity contribution in [2.24, 2.45) is 5.92 Å². The van der Waals surface area contributed by atoms with E-state index in [9.17, 15) is 4.79 Å². The third kappa shape index (κ3) is 2.95. The van der Waals surface area contributed by atoms with Crippen LogP contribution in [0.15, 0.2) is 24.5 Å². The standard InChI is InChI=1S/C12H17N3O/c16-12(10-4-2-1-3-5-10)15-7-6-11-13-8-9-14-11/h1-2,8-10H,3-7H2,(H,13,14)(H,15,16). The average molecular weight is 219 g/mol. The summed E-state index contributed by atoms with van der Waals surface area (Å²) < 4.78 is 0. The molecule has 1 aromatic rings. The first-order valence-electron chi connectivity index (χ1n) is 5.77. The van der Waals surface area contributed by atoms with Gasteiger partial charge < -0.3 is 10.3 Å². The monoisotopic (exact) mass is 219 g/mol. The highest BCUT2D eigenvalue weighted by molar-refractivity contribution is 5.78. The highest BCUT2D eigenvalue weighted by atomic mass is 16.1. The number of imidazole rings is 1. The van der Waals surface area contributed by atoms with Crippen LogP contribution in [-0.4, -0.2) is 22.4 Å². The zero-order valence-corrected chi connectivity index (χ0v) is 9.28. The number of hydrogen-bond donors (Lipinski definition) is 2. The minimum atomic E-state index is 0.168. The van der Waals surface area contributed by atoms with E-state index in [1.165, 1.54) is 0 Å². The van der Waals surface area contributed by atoms with Gasteiger partial charge in [-0.05, 0) is 19.3 Å². The van der Waals surface area contributed by atoms with Crippen molar-refractivity contribution in [1.82, 2.24) is 15.3 Å². The van der Waals surface area contributed by atoms with Crippen LogP contribution in [0.1, 0.15) is 25.1 Å². The van der Waals surface area contributed by atoms with Gasteiger partial charge in [-0.25, -0.2) is 4.98 Å². The van der Waals surface area contributed by atoms with Crippen molar-refractivity contribution in [2.75, 3.05) is 6.54 Å². The molecule has 0 fully saturated rings. The van der Waals surface area contributed by atoms with E-state index < -0.39 is 0 Å². The van der Waals surface area contributed by atoms with Crippen LogP contribution < -0.4 is 5.32 Å². The van der Waals surface area contributed by atoms with Crippen LogP contribution in [0.3, 0.4) is 0 Å². The smallest absolute Gasteiger partial charge is 0.223 e. The lowest BCUT2D eigenvalue weighted by Crippen LogP contribution is -2.32. The Bertz CT molecular complexity index is 356. The maximum absolute atomic E-state index is 11.8. The summed E-state index contributed by atoms with van der Waals surface area (Å²) in [5.74, 6) is 1.27. The molecule has 2 rings (SSSR count). The highest BCUT2D eigenvalue weighted by Crippen LogP contribution is 2.17. The molecule has 1 amide bonds. The van der Waals surface area contributed by atoms with Gasteiger partial charge in [0.25, 0.3) is 0 Å². The lowest BCUT2D eigenvalue weighted by molar-refractivity contribution is -0.125. The Labute approximate surface area is 95.2 Å². The largest absolute Gasteiger partial charge is 0.355 e. The highest BCUT2D eigenvalue weighted by Gasteiger charge is 2.17. The first-order valence-corrected chi connectivity index (χ1v) is 5.77. The fraction of sp³-hybridized carbons (Fsp3) is 0.500. The van der Waals surface area contributed by atoms with E-state index in [0.29, 0.717) is 6.54 Å². The van der Waals surface area contributed by atoms with Crippen molar-refractivity contribution in [2.45, 2.75) is 25.7 Å². The second-order valence-corrected chi connectivity index (χ2v) is 4.06. The van der Waals surface area contributed by atoms with Crippen LogP contribution >= 0.6 is 0 Å². The molecule has 0 radical (unpaired) electrons. The van der Waals surface area contributed by atoms with Gasteiger partial charge in [0.05, 0.1) is 0 Å². The normalized spacial score (nSPS) is 19.6. The first-order chi connectivity index (χ1) is 7.86. The van der Waals surface area contributed by atoms with Gasteiger partial charge in [0, 0.05) is 31.3 Å². The van der Waals surface area contributed by atoms with Crippen LogP contribution in [0.5, 0.6) is 0 Å². The van der Waals surface area contributed by atoms with Gasteiger partial charge in [-0.3, -0.25) is 4.79 Å².